The van der Waals surface area contributed by atoms with Crippen LogP contribution in [0.5, 0.6) is 0 Å². The van der Waals surface area contributed by atoms with Gasteiger partial charge in [-0.1, -0.05) is 43.8 Å². The quantitative estimate of drug-likeness (QED) is 0.573. The monoisotopic (exact) mass is 534 g/mol. The Kier molecular flexibility index (Phi) is 5.66. The number of fused-ring (bicyclic) bond motifs is 5. The largest absolute Gasteiger partial charge is 0.480 e. The fourth-order valence-electron chi connectivity index (χ4n) is 6.18. The van der Waals surface area contributed by atoms with Crippen LogP contribution in [0.4, 0.5) is 0 Å². The molecule has 3 aliphatic heterocycles. The third kappa shape index (κ3) is 3.82. The normalized spacial score (nSPS) is 28.8. The molecule has 0 radical (unpaired) electrons. The van der Waals surface area contributed by atoms with Gasteiger partial charge in [-0.2, -0.15) is 0 Å². The molecule has 2 bridgehead atoms. The maximum absolute atomic E-state index is 13.5. The molecule has 0 unspecified atom stereocenters. The lowest BCUT2D eigenvalue weighted by Gasteiger charge is -2.42. The van der Waals surface area contributed by atoms with Crippen LogP contribution in [0.25, 0.3) is 0 Å². The molecule has 3 atom stereocenters. The van der Waals surface area contributed by atoms with Crippen molar-refractivity contribution in [3.8, 4) is 0 Å². The second-order valence-electron chi connectivity index (χ2n) is 10.5. The number of nitrogens with zero attached hydrogens (tertiary/aromatic N) is 2. The Morgan fingerprint density at radius 1 is 1.21 bits per heavy atom. The molecule has 3 N–H and O–H groups in total. The van der Waals surface area contributed by atoms with Gasteiger partial charge in [0, 0.05) is 23.6 Å². The van der Waals surface area contributed by atoms with Gasteiger partial charge >= 0.3 is 0 Å². The van der Waals surface area contributed by atoms with Crippen molar-refractivity contribution >= 4 is 27.6 Å². The lowest BCUT2D eigenvalue weighted by Crippen LogP contribution is -2.57. The molecule has 0 spiro atoms. The number of nitrogens with one attached hydrogen (secondary N) is 1. The highest BCUT2D eigenvalue weighted by atomic mass is 32.2. The first-order chi connectivity index (χ1) is 18.1. The lowest BCUT2D eigenvalue weighted by atomic mass is 9.87. The third-order valence-electron chi connectivity index (χ3n) is 8.41. The molecule has 1 aromatic carbocycles. The summed E-state index contributed by atoms with van der Waals surface area (Å²) < 4.78 is 32.9. The van der Waals surface area contributed by atoms with E-state index in [9.17, 15) is 18.0 Å². The fourth-order valence-corrected chi connectivity index (χ4v) is 7.72. The Hall–Kier alpha value is -3.62. The maximum atomic E-state index is 13.5. The molecule has 1 saturated heterocycles. The zero-order valence-corrected chi connectivity index (χ0v) is 22.2. The van der Waals surface area contributed by atoms with Crippen molar-refractivity contribution < 1.29 is 22.7 Å². The van der Waals surface area contributed by atoms with Gasteiger partial charge in [-0.3, -0.25) is 14.5 Å². The minimum Gasteiger partial charge on any atom is -0.480 e. The molecule has 2 amide bonds. The molecule has 10 heteroatoms. The van der Waals surface area contributed by atoms with Gasteiger partial charge in [-0.05, 0) is 36.5 Å². The van der Waals surface area contributed by atoms with Crippen LogP contribution in [0.15, 0.2) is 69.0 Å². The van der Waals surface area contributed by atoms with Gasteiger partial charge < -0.3 is 15.8 Å². The van der Waals surface area contributed by atoms with Crippen molar-refractivity contribution in [2.45, 2.75) is 69.7 Å². The summed E-state index contributed by atoms with van der Waals surface area (Å²) in [5.41, 5.74) is 11.4. The van der Waals surface area contributed by atoms with Crippen LogP contribution in [-0.4, -0.2) is 54.5 Å². The Balaban J connectivity index is 1.46. The van der Waals surface area contributed by atoms with Crippen LogP contribution in [0, 0.1) is 0 Å². The zero-order valence-electron chi connectivity index (χ0n) is 21.4. The maximum Gasteiger partial charge on any atom is 0.252 e. The summed E-state index contributed by atoms with van der Waals surface area (Å²) >= 11 is 0. The van der Waals surface area contributed by atoms with Gasteiger partial charge in [0.15, 0.2) is 21.6 Å². The minimum absolute atomic E-state index is 0.0693. The second-order valence-corrected chi connectivity index (χ2v) is 12.5. The number of benzene rings is 1. The lowest BCUT2D eigenvalue weighted by molar-refractivity contribution is -0.131. The number of rotatable bonds is 3. The molecule has 9 nitrogen and oxygen atoms in total. The summed E-state index contributed by atoms with van der Waals surface area (Å²) in [4.78, 5) is 33.0. The van der Waals surface area contributed by atoms with Crippen molar-refractivity contribution in [1.29, 1.82) is 0 Å². The average molecular weight is 535 g/mol. The summed E-state index contributed by atoms with van der Waals surface area (Å²) in [6, 6.07) is 6.75. The zero-order chi connectivity index (χ0) is 26.8. The molecule has 198 valence electrons. The first kappa shape index (κ1) is 24.7. The van der Waals surface area contributed by atoms with E-state index in [1.807, 2.05) is 38.1 Å². The van der Waals surface area contributed by atoms with E-state index in [1.54, 1.807) is 6.08 Å². The predicted octanol–water partition coefficient (Wildman–Crippen LogP) is 2.32. The van der Waals surface area contributed by atoms with Crippen LogP contribution < -0.4 is 11.1 Å². The molecule has 5 aliphatic rings. The minimum atomic E-state index is -3.75. The average Bonchev–Trinajstić information content (AvgIpc) is 3.06. The number of carbonyl (C=O) groups excluding carboxylic acids is 2. The molecule has 1 aromatic rings. The highest BCUT2D eigenvalue weighted by molar-refractivity contribution is 7.95. The van der Waals surface area contributed by atoms with E-state index in [4.69, 9.17) is 15.5 Å². The van der Waals surface area contributed by atoms with E-state index in [2.05, 4.69) is 11.0 Å². The molecule has 1 fully saturated rings. The number of hydrogen-bond donors (Lipinski definition) is 2. The van der Waals surface area contributed by atoms with Crippen LogP contribution >= 0.6 is 0 Å². The predicted molar refractivity (Wildman–Crippen MR) is 141 cm³/mol. The van der Waals surface area contributed by atoms with Gasteiger partial charge in [-0.15, -0.1) is 0 Å². The summed E-state index contributed by atoms with van der Waals surface area (Å²) in [7, 11) is -3.75. The van der Waals surface area contributed by atoms with Gasteiger partial charge in [0.05, 0.1) is 29.8 Å². The van der Waals surface area contributed by atoms with Gasteiger partial charge in [-0.25, -0.2) is 13.4 Å². The molecule has 38 heavy (non-hydrogen) atoms. The highest BCUT2D eigenvalue weighted by Gasteiger charge is 2.46. The Bertz CT molecular complexity index is 1530. The Morgan fingerprint density at radius 2 is 1.97 bits per heavy atom. The molecular formula is C28H30N4O5S. The molecule has 0 aromatic heterocycles. The number of sulfone groups is 1. The second kappa shape index (κ2) is 8.71. The standard InChI is InChI=1S/C28H30N4O5S/c1-3-28(4-2)15-24(33)32(27(29)31-28)21-9-10-38(35,36)23-14-18-11-17(12-20(21)23)26(34)30-25-19-8-6-5-7-16(19)13-22(25)37-18/h5-8,11-12,21-22,25H,3-4,9-10,13,15H2,1-2H3,(H2,29,31)(H,30,34)/t21-,22+,25+/m0/s1. The molecule has 0 saturated carbocycles. The summed E-state index contributed by atoms with van der Waals surface area (Å²) in [6.07, 6.45) is 4.89. The molecule has 2 aliphatic carbocycles. The van der Waals surface area contributed by atoms with E-state index < -0.39 is 27.5 Å². The smallest absolute Gasteiger partial charge is 0.252 e. The SMILES string of the molecule is CCC1(CC)CC(=O)N([C@H]2CCS(=O)(=O)C3=C=C4C=C(C=C32)C(=O)N[C@@H]2c3ccccc3C[C@H]2O4)C(N)=N1. The molecule has 3 heterocycles. The number of amides is 2. The third-order valence-corrected chi connectivity index (χ3v) is 10.1. The van der Waals surface area contributed by atoms with Crippen molar-refractivity contribution in [3.63, 3.8) is 0 Å². The molecular weight excluding hydrogens is 504 g/mol. The van der Waals surface area contributed by atoms with Crippen LogP contribution in [0.1, 0.15) is 56.7 Å². The van der Waals surface area contributed by atoms with Crippen molar-refractivity contribution in [2.24, 2.45) is 10.7 Å². The van der Waals surface area contributed by atoms with Crippen molar-refractivity contribution in [1.82, 2.24) is 10.2 Å². The van der Waals surface area contributed by atoms with Crippen molar-refractivity contribution in [2.75, 3.05) is 5.75 Å². The van der Waals surface area contributed by atoms with Crippen LogP contribution in [-0.2, 0) is 30.6 Å². The summed E-state index contributed by atoms with van der Waals surface area (Å²) in [6.45, 7) is 3.95. The highest BCUT2D eigenvalue weighted by Crippen LogP contribution is 2.40. The first-order valence-corrected chi connectivity index (χ1v) is 14.7. The Morgan fingerprint density at radius 3 is 2.71 bits per heavy atom. The van der Waals surface area contributed by atoms with E-state index >= 15 is 0 Å². The van der Waals surface area contributed by atoms with E-state index in [1.165, 1.54) is 11.0 Å². The summed E-state index contributed by atoms with van der Waals surface area (Å²) in [5.74, 6) is -0.485. The van der Waals surface area contributed by atoms with Crippen LogP contribution in [0.2, 0.25) is 0 Å². The van der Waals surface area contributed by atoms with E-state index in [0.717, 1.165) is 11.1 Å². The number of ether oxygens (including phenoxy) is 1. The number of guanidine groups is 1. The molecule has 6 rings (SSSR count). The van der Waals surface area contributed by atoms with Gasteiger partial charge in [0.1, 0.15) is 11.0 Å². The topological polar surface area (TPSA) is 131 Å². The summed E-state index contributed by atoms with van der Waals surface area (Å²) in [5, 5.41) is 3.07. The fraction of sp³-hybridized carbons (Fsp3) is 0.429. The van der Waals surface area contributed by atoms with Gasteiger partial charge in [0.25, 0.3) is 5.91 Å². The number of carbonyl (C=O) groups is 2. The van der Waals surface area contributed by atoms with Gasteiger partial charge in [0.2, 0.25) is 5.91 Å². The first-order valence-electron chi connectivity index (χ1n) is 13.0. The van der Waals surface area contributed by atoms with Crippen molar-refractivity contribution in [3.05, 3.63) is 75.1 Å². The number of hydrogen-bond acceptors (Lipinski definition) is 7. The Labute approximate surface area is 221 Å². The number of nitrogens with two attached hydrogens (primary N) is 1. The van der Waals surface area contributed by atoms with E-state index in [0.29, 0.717) is 24.8 Å². The van der Waals surface area contributed by atoms with E-state index in [-0.39, 0.29) is 58.6 Å². The van der Waals surface area contributed by atoms with Crippen LogP contribution in [0.3, 0.4) is 0 Å². The number of aliphatic imine (C=N–C) groups is 1.